The molecule has 0 unspecified atom stereocenters. The molecule has 2 aromatic rings. The maximum atomic E-state index is 4.42. The molecule has 0 aliphatic carbocycles. The molecule has 0 spiro atoms. The fourth-order valence-electron chi connectivity index (χ4n) is 2.03. The summed E-state index contributed by atoms with van der Waals surface area (Å²) in [6.07, 6.45) is 5.36. The molecule has 0 fully saturated rings. The number of para-hydroxylation sites is 2. The van der Waals surface area contributed by atoms with Crippen LogP contribution in [0.4, 0.5) is 11.4 Å². The standard InChI is InChI=1S/C15H14N4/c1-3-10-11(4-2)17-14(16-10)9-15-18-12-7-5-6-8-13(12)19-15/h3-9,18-19H,1-2H2,(H,16,17). The average molecular weight is 250 g/mol. The minimum Gasteiger partial charge on any atom is -0.340 e. The molecule has 94 valence electrons. The molecule has 0 radical (unpaired) electrons. The van der Waals surface area contributed by atoms with E-state index in [1.54, 1.807) is 12.2 Å². The molecule has 1 aromatic heterocycles. The van der Waals surface area contributed by atoms with Gasteiger partial charge in [0.1, 0.15) is 11.6 Å². The number of rotatable bonds is 3. The largest absolute Gasteiger partial charge is 0.340 e. The quantitative estimate of drug-likeness (QED) is 0.781. The van der Waals surface area contributed by atoms with E-state index in [1.807, 2.05) is 30.3 Å². The molecule has 4 heteroatoms. The molecule has 1 aliphatic rings. The van der Waals surface area contributed by atoms with Crippen LogP contribution in [0.5, 0.6) is 0 Å². The molecule has 19 heavy (non-hydrogen) atoms. The average Bonchev–Trinajstić information content (AvgIpc) is 3.01. The van der Waals surface area contributed by atoms with Crippen LogP contribution < -0.4 is 10.6 Å². The highest BCUT2D eigenvalue weighted by atomic mass is 15.2. The minimum atomic E-state index is 0.757. The van der Waals surface area contributed by atoms with Crippen LogP contribution in [-0.2, 0) is 0 Å². The van der Waals surface area contributed by atoms with E-state index in [9.17, 15) is 0 Å². The second-order valence-corrected chi connectivity index (χ2v) is 4.18. The van der Waals surface area contributed by atoms with Gasteiger partial charge in [0.2, 0.25) is 0 Å². The fourth-order valence-corrected chi connectivity index (χ4v) is 2.03. The third-order valence-corrected chi connectivity index (χ3v) is 2.92. The number of nitrogens with one attached hydrogen (secondary N) is 3. The summed E-state index contributed by atoms with van der Waals surface area (Å²) < 4.78 is 0. The first-order valence-electron chi connectivity index (χ1n) is 6.00. The van der Waals surface area contributed by atoms with Crippen LogP contribution in [0.1, 0.15) is 17.2 Å². The van der Waals surface area contributed by atoms with Gasteiger partial charge < -0.3 is 15.6 Å². The summed E-state index contributed by atoms with van der Waals surface area (Å²) in [6.45, 7) is 7.48. The van der Waals surface area contributed by atoms with Crippen molar-refractivity contribution in [1.29, 1.82) is 0 Å². The van der Waals surface area contributed by atoms with Gasteiger partial charge in [0.25, 0.3) is 0 Å². The lowest BCUT2D eigenvalue weighted by atomic mass is 10.3. The maximum absolute atomic E-state index is 4.42. The van der Waals surface area contributed by atoms with Crippen LogP contribution >= 0.6 is 0 Å². The zero-order valence-corrected chi connectivity index (χ0v) is 10.4. The predicted molar refractivity (Wildman–Crippen MR) is 80.4 cm³/mol. The fraction of sp³-hybridized carbons (Fsp3) is 0. The monoisotopic (exact) mass is 250 g/mol. The molecule has 1 aliphatic heterocycles. The Balaban J connectivity index is 1.90. The third kappa shape index (κ3) is 2.04. The zero-order valence-electron chi connectivity index (χ0n) is 10.4. The Labute approximate surface area is 111 Å². The molecule has 3 rings (SSSR count). The van der Waals surface area contributed by atoms with E-state index in [0.717, 1.165) is 34.4 Å². The van der Waals surface area contributed by atoms with E-state index in [2.05, 4.69) is 33.8 Å². The normalized spacial score (nSPS) is 12.3. The van der Waals surface area contributed by atoms with E-state index in [4.69, 9.17) is 0 Å². The molecule has 4 nitrogen and oxygen atoms in total. The van der Waals surface area contributed by atoms with Crippen LogP contribution in [0, 0.1) is 0 Å². The number of aromatic nitrogens is 2. The van der Waals surface area contributed by atoms with Crippen molar-refractivity contribution in [2.45, 2.75) is 0 Å². The maximum Gasteiger partial charge on any atom is 0.134 e. The summed E-state index contributed by atoms with van der Waals surface area (Å²) in [7, 11) is 0. The highest BCUT2D eigenvalue weighted by Gasteiger charge is 2.13. The molecule has 0 bridgehead atoms. The van der Waals surface area contributed by atoms with Crippen molar-refractivity contribution in [2.75, 3.05) is 10.6 Å². The molecule has 0 saturated carbocycles. The van der Waals surface area contributed by atoms with Gasteiger partial charge in [-0.25, -0.2) is 4.98 Å². The van der Waals surface area contributed by atoms with Crippen molar-refractivity contribution in [3.8, 4) is 0 Å². The van der Waals surface area contributed by atoms with Crippen LogP contribution in [-0.4, -0.2) is 9.97 Å². The molecule has 0 saturated heterocycles. The van der Waals surface area contributed by atoms with Crippen LogP contribution in [0.25, 0.3) is 18.2 Å². The molecular formula is C15H14N4. The van der Waals surface area contributed by atoms with Gasteiger partial charge in [-0.3, -0.25) is 0 Å². The number of nitrogens with zero attached hydrogens (tertiary/aromatic N) is 1. The lowest BCUT2D eigenvalue weighted by Crippen LogP contribution is -1.98. The number of H-pyrrole nitrogens is 1. The van der Waals surface area contributed by atoms with Crippen molar-refractivity contribution >= 4 is 29.6 Å². The van der Waals surface area contributed by atoms with Gasteiger partial charge >= 0.3 is 0 Å². The van der Waals surface area contributed by atoms with Gasteiger partial charge in [0.15, 0.2) is 0 Å². The highest BCUT2D eigenvalue weighted by Crippen LogP contribution is 2.30. The number of aromatic amines is 1. The smallest absolute Gasteiger partial charge is 0.134 e. The van der Waals surface area contributed by atoms with E-state index >= 15 is 0 Å². The number of hydrogen-bond acceptors (Lipinski definition) is 3. The minimum absolute atomic E-state index is 0.757. The van der Waals surface area contributed by atoms with Gasteiger partial charge in [-0.1, -0.05) is 25.3 Å². The first-order chi connectivity index (χ1) is 9.30. The van der Waals surface area contributed by atoms with Crippen molar-refractivity contribution in [3.05, 3.63) is 60.5 Å². The Hall–Kier alpha value is -2.75. The third-order valence-electron chi connectivity index (χ3n) is 2.92. The Morgan fingerprint density at radius 1 is 1.00 bits per heavy atom. The SMILES string of the molecule is C=Cc1nc(C=C2Nc3ccccc3N2)[nH]c1C=C. The summed E-state index contributed by atoms with van der Waals surface area (Å²) in [5.41, 5.74) is 3.80. The molecular weight excluding hydrogens is 236 g/mol. The topological polar surface area (TPSA) is 52.7 Å². The van der Waals surface area contributed by atoms with Crippen LogP contribution in [0.3, 0.4) is 0 Å². The second kappa shape index (κ2) is 4.49. The highest BCUT2D eigenvalue weighted by molar-refractivity contribution is 5.81. The van der Waals surface area contributed by atoms with E-state index in [0.29, 0.717) is 0 Å². The summed E-state index contributed by atoms with van der Waals surface area (Å²) in [5, 5.41) is 6.57. The number of benzene rings is 1. The Morgan fingerprint density at radius 3 is 2.21 bits per heavy atom. The summed E-state index contributed by atoms with van der Waals surface area (Å²) >= 11 is 0. The molecule has 1 aromatic carbocycles. The zero-order chi connectivity index (χ0) is 13.2. The first-order valence-corrected chi connectivity index (χ1v) is 6.00. The molecule has 2 heterocycles. The van der Waals surface area contributed by atoms with E-state index < -0.39 is 0 Å². The van der Waals surface area contributed by atoms with Crippen molar-refractivity contribution in [3.63, 3.8) is 0 Å². The Kier molecular flexibility index (Phi) is 2.68. The number of anilines is 2. The van der Waals surface area contributed by atoms with Crippen molar-refractivity contribution in [1.82, 2.24) is 9.97 Å². The lowest BCUT2D eigenvalue weighted by Gasteiger charge is -1.97. The number of fused-ring (bicyclic) bond motifs is 1. The number of imidazole rings is 1. The van der Waals surface area contributed by atoms with E-state index in [1.165, 1.54) is 0 Å². The molecule has 0 amide bonds. The summed E-state index contributed by atoms with van der Waals surface area (Å²) in [4.78, 5) is 7.60. The van der Waals surface area contributed by atoms with Crippen LogP contribution in [0.15, 0.2) is 43.2 Å². The first kappa shape index (κ1) is 11.3. The molecule has 0 atom stereocenters. The van der Waals surface area contributed by atoms with E-state index in [-0.39, 0.29) is 0 Å². The van der Waals surface area contributed by atoms with Gasteiger partial charge in [-0.2, -0.15) is 0 Å². The summed E-state index contributed by atoms with van der Waals surface area (Å²) in [6, 6.07) is 8.04. The van der Waals surface area contributed by atoms with Gasteiger partial charge in [0, 0.05) is 6.08 Å². The van der Waals surface area contributed by atoms with Gasteiger partial charge in [-0.05, 0) is 24.3 Å². The lowest BCUT2D eigenvalue weighted by molar-refractivity contribution is 1.24. The van der Waals surface area contributed by atoms with Gasteiger partial charge in [0.05, 0.1) is 22.8 Å². The van der Waals surface area contributed by atoms with Crippen LogP contribution in [0.2, 0.25) is 0 Å². The Morgan fingerprint density at radius 2 is 1.68 bits per heavy atom. The van der Waals surface area contributed by atoms with Crippen molar-refractivity contribution in [2.24, 2.45) is 0 Å². The Bertz CT molecular complexity index is 627. The molecule has 3 N–H and O–H groups in total. The second-order valence-electron chi connectivity index (χ2n) is 4.18. The van der Waals surface area contributed by atoms with Crippen molar-refractivity contribution < 1.29 is 0 Å². The van der Waals surface area contributed by atoms with Gasteiger partial charge in [-0.15, -0.1) is 0 Å². The number of hydrogen-bond donors (Lipinski definition) is 3. The predicted octanol–water partition coefficient (Wildman–Crippen LogP) is 3.53. The summed E-state index contributed by atoms with van der Waals surface area (Å²) in [5.74, 6) is 1.65.